The van der Waals surface area contributed by atoms with Crippen LogP contribution in [0.2, 0.25) is 5.02 Å². The van der Waals surface area contributed by atoms with Gasteiger partial charge in [0.25, 0.3) is 11.6 Å². The number of amides is 1. The molecule has 0 spiro atoms. The first-order valence-electron chi connectivity index (χ1n) is 6.33. The number of carbonyl (C=O) groups excluding carboxylic acids is 1. The number of nitrogens with zero attached hydrogens (tertiary/aromatic N) is 1. The molecule has 0 saturated carbocycles. The van der Waals surface area contributed by atoms with E-state index in [1.165, 1.54) is 18.2 Å². The van der Waals surface area contributed by atoms with Crippen molar-refractivity contribution < 1.29 is 19.2 Å². The zero-order valence-corrected chi connectivity index (χ0v) is 12.2. The highest BCUT2D eigenvalue weighted by atomic mass is 35.5. The van der Waals surface area contributed by atoms with E-state index in [2.05, 4.69) is 5.32 Å². The lowest BCUT2D eigenvalue weighted by Gasteiger charge is -2.25. The second-order valence-corrected chi connectivity index (χ2v) is 5.15. The number of nitro benzene ring substituents is 1. The van der Waals surface area contributed by atoms with Crippen LogP contribution >= 0.6 is 11.6 Å². The summed E-state index contributed by atoms with van der Waals surface area (Å²) in [6, 6.07) is 4.11. The van der Waals surface area contributed by atoms with Gasteiger partial charge in [-0.05, 0) is 6.07 Å². The molecule has 2 rings (SSSR count). The number of hydrogen-bond donors (Lipinski definition) is 1. The first kappa shape index (κ1) is 15.7. The number of ether oxygens (including phenoxy) is 2. The van der Waals surface area contributed by atoms with Crippen molar-refractivity contribution in [3.63, 3.8) is 0 Å². The predicted molar refractivity (Wildman–Crippen MR) is 75.6 cm³/mol. The van der Waals surface area contributed by atoms with Crippen molar-refractivity contribution in [2.45, 2.75) is 12.0 Å². The highest BCUT2D eigenvalue weighted by Crippen LogP contribution is 2.28. The van der Waals surface area contributed by atoms with Crippen molar-refractivity contribution in [3.05, 3.63) is 38.9 Å². The molecule has 1 atom stereocenters. The number of methoxy groups -OCH3 is 1. The Morgan fingerprint density at radius 1 is 1.62 bits per heavy atom. The highest BCUT2D eigenvalue weighted by Gasteiger charge is 2.35. The summed E-state index contributed by atoms with van der Waals surface area (Å²) in [5, 5.41) is 13.3. The molecular formula is C13H15ClN2O5. The minimum atomic E-state index is -0.624. The SMILES string of the molecule is COC1(CNC(=O)c2cccc([N+](=O)[O-])c2Cl)CCOC1. The van der Waals surface area contributed by atoms with Gasteiger partial charge in [0.15, 0.2) is 0 Å². The molecule has 0 bridgehead atoms. The van der Waals surface area contributed by atoms with Crippen LogP contribution in [0.3, 0.4) is 0 Å². The summed E-state index contributed by atoms with van der Waals surface area (Å²) in [5.74, 6) is -0.480. The summed E-state index contributed by atoms with van der Waals surface area (Å²) in [5.41, 5.74) is -0.783. The number of nitro groups is 1. The Hall–Kier alpha value is -1.70. The number of halogens is 1. The highest BCUT2D eigenvalue weighted by molar-refractivity contribution is 6.35. The second kappa shape index (κ2) is 6.38. The van der Waals surface area contributed by atoms with Gasteiger partial charge in [-0.15, -0.1) is 0 Å². The lowest BCUT2D eigenvalue weighted by atomic mass is 10.0. The van der Waals surface area contributed by atoms with Crippen molar-refractivity contribution in [3.8, 4) is 0 Å². The van der Waals surface area contributed by atoms with Crippen LogP contribution < -0.4 is 5.32 Å². The smallest absolute Gasteiger partial charge is 0.288 e. The Labute approximate surface area is 126 Å². The fraction of sp³-hybridized carbons (Fsp3) is 0.462. The average molecular weight is 315 g/mol. The van der Waals surface area contributed by atoms with E-state index >= 15 is 0 Å². The van der Waals surface area contributed by atoms with Crippen LogP contribution in [0.4, 0.5) is 5.69 Å². The van der Waals surface area contributed by atoms with Gasteiger partial charge in [-0.3, -0.25) is 14.9 Å². The molecule has 1 unspecified atom stereocenters. The average Bonchev–Trinajstić information content (AvgIpc) is 2.94. The Kier molecular flexibility index (Phi) is 4.76. The van der Waals surface area contributed by atoms with Crippen LogP contribution in [-0.2, 0) is 9.47 Å². The van der Waals surface area contributed by atoms with Crippen molar-refractivity contribution in [2.24, 2.45) is 0 Å². The van der Waals surface area contributed by atoms with Gasteiger partial charge in [-0.2, -0.15) is 0 Å². The van der Waals surface area contributed by atoms with Crippen LogP contribution in [0.25, 0.3) is 0 Å². The van der Waals surface area contributed by atoms with Gasteiger partial charge in [-0.25, -0.2) is 0 Å². The summed E-state index contributed by atoms with van der Waals surface area (Å²) in [6.45, 7) is 1.22. The number of nitrogens with one attached hydrogen (secondary N) is 1. The molecule has 1 aromatic carbocycles. The van der Waals surface area contributed by atoms with Gasteiger partial charge >= 0.3 is 0 Å². The minimum absolute atomic E-state index is 0.0658. The molecule has 0 aliphatic carbocycles. The van der Waals surface area contributed by atoms with E-state index in [1.807, 2.05) is 0 Å². The van der Waals surface area contributed by atoms with Gasteiger partial charge in [-0.1, -0.05) is 17.7 Å². The van der Waals surface area contributed by atoms with E-state index in [-0.39, 0.29) is 22.8 Å². The quantitative estimate of drug-likeness (QED) is 0.661. The third kappa shape index (κ3) is 3.31. The number of benzene rings is 1. The molecule has 0 aromatic heterocycles. The van der Waals surface area contributed by atoms with Crippen LogP contribution in [0, 0.1) is 10.1 Å². The molecule has 1 aliphatic rings. The maximum absolute atomic E-state index is 12.1. The molecule has 1 aliphatic heterocycles. The summed E-state index contributed by atoms with van der Waals surface area (Å²) in [4.78, 5) is 22.3. The summed E-state index contributed by atoms with van der Waals surface area (Å²) in [7, 11) is 1.56. The van der Waals surface area contributed by atoms with Crippen LogP contribution in [0.1, 0.15) is 16.8 Å². The molecule has 1 N–H and O–H groups in total. The molecular weight excluding hydrogens is 300 g/mol. The molecule has 1 heterocycles. The fourth-order valence-electron chi connectivity index (χ4n) is 2.13. The summed E-state index contributed by atoms with van der Waals surface area (Å²) < 4.78 is 10.7. The normalized spacial score (nSPS) is 21.2. The van der Waals surface area contributed by atoms with Crippen molar-refractivity contribution >= 4 is 23.2 Å². The van der Waals surface area contributed by atoms with E-state index in [1.54, 1.807) is 7.11 Å². The van der Waals surface area contributed by atoms with E-state index in [4.69, 9.17) is 21.1 Å². The fourth-order valence-corrected chi connectivity index (χ4v) is 2.41. The second-order valence-electron chi connectivity index (χ2n) is 4.77. The van der Waals surface area contributed by atoms with Gasteiger partial charge in [0.2, 0.25) is 0 Å². The van der Waals surface area contributed by atoms with Crippen molar-refractivity contribution in [1.29, 1.82) is 0 Å². The monoisotopic (exact) mass is 314 g/mol. The van der Waals surface area contributed by atoms with Crippen molar-refractivity contribution in [1.82, 2.24) is 5.32 Å². The Morgan fingerprint density at radius 3 is 2.95 bits per heavy atom. The minimum Gasteiger partial charge on any atom is -0.378 e. The maximum Gasteiger partial charge on any atom is 0.288 e. The standard InChI is InChI=1S/C13H15ClN2O5/c1-20-13(5-6-21-8-13)7-15-12(17)9-3-2-4-10(11(9)14)16(18)19/h2-4H,5-8H2,1H3,(H,15,17). The maximum atomic E-state index is 12.1. The van der Waals surface area contributed by atoms with Gasteiger partial charge in [0.1, 0.15) is 10.6 Å². The molecule has 0 radical (unpaired) electrons. The van der Waals surface area contributed by atoms with Gasteiger partial charge in [0, 0.05) is 32.7 Å². The third-order valence-electron chi connectivity index (χ3n) is 3.49. The van der Waals surface area contributed by atoms with E-state index < -0.39 is 16.4 Å². The molecule has 114 valence electrons. The lowest BCUT2D eigenvalue weighted by molar-refractivity contribution is -0.384. The largest absolute Gasteiger partial charge is 0.378 e. The summed E-state index contributed by atoms with van der Waals surface area (Å²) in [6.07, 6.45) is 0.673. The van der Waals surface area contributed by atoms with E-state index in [0.717, 1.165) is 0 Å². The first-order valence-corrected chi connectivity index (χ1v) is 6.71. The van der Waals surface area contributed by atoms with Crippen LogP contribution in [-0.4, -0.2) is 43.3 Å². The number of carbonyl (C=O) groups is 1. The molecule has 1 aromatic rings. The van der Waals surface area contributed by atoms with Crippen LogP contribution in [0.15, 0.2) is 18.2 Å². The molecule has 7 nitrogen and oxygen atoms in total. The van der Waals surface area contributed by atoms with Crippen molar-refractivity contribution in [2.75, 3.05) is 26.9 Å². The lowest BCUT2D eigenvalue weighted by Crippen LogP contribution is -2.45. The Morgan fingerprint density at radius 2 is 2.38 bits per heavy atom. The Bertz CT molecular complexity index is 557. The van der Waals surface area contributed by atoms with Gasteiger partial charge < -0.3 is 14.8 Å². The Balaban J connectivity index is 2.10. The first-order chi connectivity index (χ1) is 9.99. The van der Waals surface area contributed by atoms with Crippen LogP contribution in [0.5, 0.6) is 0 Å². The topological polar surface area (TPSA) is 90.7 Å². The van der Waals surface area contributed by atoms with E-state index in [9.17, 15) is 14.9 Å². The molecule has 1 saturated heterocycles. The van der Waals surface area contributed by atoms with Gasteiger partial charge in [0.05, 0.1) is 17.1 Å². The van der Waals surface area contributed by atoms with E-state index in [0.29, 0.717) is 19.6 Å². The number of hydrogen-bond acceptors (Lipinski definition) is 5. The summed E-state index contributed by atoms with van der Waals surface area (Å²) >= 11 is 5.90. The zero-order valence-electron chi connectivity index (χ0n) is 11.4. The predicted octanol–water partition coefficient (Wildman–Crippen LogP) is 1.78. The molecule has 21 heavy (non-hydrogen) atoms. The zero-order chi connectivity index (χ0) is 15.5. The molecule has 1 amide bonds. The molecule has 8 heteroatoms. The molecule has 1 fully saturated rings. The third-order valence-corrected chi connectivity index (χ3v) is 3.89. The number of rotatable bonds is 5.